The molecule has 0 spiro atoms. The number of nitrogens with two attached hydrogens (primary N) is 1. The fraction of sp³-hybridized carbons (Fsp3) is 0.0667. The first-order chi connectivity index (χ1) is 9.19. The van der Waals surface area contributed by atoms with Crippen molar-refractivity contribution >= 4 is 16.6 Å². The Labute approximate surface area is 110 Å². The van der Waals surface area contributed by atoms with Crippen LogP contribution in [-0.4, -0.2) is 9.78 Å². The zero-order chi connectivity index (χ0) is 13.4. The van der Waals surface area contributed by atoms with Gasteiger partial charge in [-0.2, -0.15) is 10.4 Å². The number of anilines is 1. The molecular formula is C15H12N4. The maximum absolute atomic E-state index is 9.21. The highest BCUT2D eigenvalue weighted by atomic mass is 15.2. The molecule has 3 aromatic rings. The summed E-state index contributed by atoms with van der Waals surface area (Å²) in [5.74, 6) is 0. The van der Waals surface area contributed by atoms with Crippen molar-refractivity contribution in [3.63, 3.8) is 0 Å². The average molecular weight is 248 g/mol. The van der Waals surface area contributed by atoms with Gasteiger partial charge in [-0.25, -0.2) is 0 Å². The molecule has 19 heavy (non-hydrogen) atoms. The van der Waals surface area contributed by atoms with Crippen molar-refractivity contribution in [1.82, 2.24) is 9.78 Å². The van der Waals surface area contributed by atoms with E-state index >= 15 is 0 Å². The van der Waals surface area contributed by atoms with Crippen LogP contribution in [0.1, 0.15) is 5.56 Å². The molecule has 92 valence electrons. The van der Waals surface area contributed by atoms with Crippen LogP contribution in [0.5, 0.6) is 0 Å². The molecule has 0 aliphatic carbocycles. The Morgan fingerprint density at radius 2 is 2.05 bits per heavy atom. The van der Waals surface area contributed by atoms with Crippen LogP contribution in [0.25, 0.3) is 22.0 Å². The Kier molecular flexibility index (Phi) is 2.46. The predicted octanol–water partition coefficient (Wildman–Crippen LogP) is 2.69. The predicted molar refractivity (Wildman–Crippen MR) is 75.3 cm³/mol. The normalized spacial score (nSPS) is 10.5. The molecule has 0 bridgehead atoms. The highest BCUT2D eigenvalue weighted by Crippen LogP contribution is 2.28. The molecule has 0 saturated carbocycles. The van der Waals surface area contributed by atoms with E-state index in [-0.39, 0.29) is 0 Å². The second-order valence-electron chi connectivity index (χ2n) is 4.46. The third kappa shape index (κ3) is 1.81. The summed E-state index contributed by atoms with van der Waals surface area (Å²) >= 11 is 0. The Bertz CT molecular complexity index is 809. The van der Waals surface area contributed by atoms with Gasteiger partial charge in [-0.05, 0) is 29.3 Å². The van der Waals surface area contributed by atoms with E-state index in [0.717, 1.165) is 22.0 Å². The quantitative estimate of drug-likeness (QED) is 0.673. The van der Waals surface area contributed by atoms with Crippen molar-refractivity contribution in [2.45, 2.75) is 0 Å². The molecule has 0 aliphatic rings. The van der Waals surface area contributed by atoms with Crippen LogP contribution in [0, 0.1) is 11.3 Å². The van der Waals surface area contributed by atoms with Gasteiger partial charge in [-0.15, -0.1) is 0 Å². The maximum atomic E-state index is 9.21. The molecule has 2 aromatic carbocycles. The minimum absolute atomic E-state index is 0.585. The van der Waals surface area contributed by atoms with Crippen molar-refractivity contribution < 1.29 is 0 Å². The number of nitrogen functional groups attached to an aromatic ring is 1. The van der Waals surface area contributed by atoms with E-state index in [4.69, 9.17) is 5.73 Å². The molecule has 0 atom stereocenters. The largest absolute Gasteiger partial charge is 0.399 e. The van der Waals surface area contributed by atoms with Crippen LogP contribution < -0.4 is 5.73 Å². The minimum atomic E-state index is 0.585. The third-order valence-corrected chi connectivity index (χ3v) is 3.22. The molecule has 0 aliphatic heterocycles. The van der Waals surface area contributed by atoms with E-state index in [9.17, 15) is 5.26 Å². The summed E-state index contributed by atoms with van der Waals surface area (Å²) in [5, 5.41) is 14.5. The zero-order valence-electron chi connectivity index (χ0n) is 10.5. The van der Waals surface area contributed by atoms with Gasteiger partial charge in [0.05, 0.1) is 23.3 Å². The van der Waals surface area contributed by atoms with Gasteiger partial charge in [0.15, 0.2) is 0 Å². The van der Waals surface area contributed by atoms with E-state index in [1.165, 1.54) is 0 Å². The van der Waals surface area contributed by atoms with Crippen LogP contribution in [0.15, 0.2) is 42.6 Å². The summed E-state index contributed by atoms with van der Waals surface area (Å²) in [6, 6.07) is 13.6. The summed E-state index contributed by atoms with van der Waals surface area (Å²) in [7, 11) is 1.90. The van der Waals surface area contributed by atoms with E-state index in [0.29, 0.717) is 11.3 Å². The molecule has 0 fully saturated rings. The fourth-order valence-electron chi connectivity index (χ4n) is 2.22. The smallest absolute Gasteiger partial charge is 0.0998 e. The standard InChI is InChI=1S/C15H12N4/c1-19-15-7-10(2-3-11(15)9-18-19)14-5-4-13(17)6-12(14)8-16/h2-7,9H,17H2,1H3. The van der Waals surface area contributed by atoms with Gasteiger partial charge >= 0.3 is 0 Å². The second-order valence-corrected chi connectivity index (χ2v) is 4.46. The Hall–Kier alpha value is -2.80. The number of aromatic nitrogens is 2. The van der Waals surface area contributed by atoms with Gasteiger partial charge in [0.25, 0.3) is 0 Å². The number of nitriles is 1. The van der Waals surface area contributed by atoms with Crippen LogP contribution >= 0.6 is 0 Å². The van der Waals surface area contributed by atoms with Crippen molar-refractivity contribution in [2.75, 3.05) is 5.73 Å². The minimum Gasteiger partial charge on any atom is -0.399 e. The molecule has 3 rings (SSSR count). The topological polar surface area (TPSA) is 67.6 Å². The van der Waals surface area contributed by atoms with Crippen molar-refractivity contribution in [3.8, 4) is 17.2 Å². The Balaban J connectivity index is 2.24. The molecule has 4 heteroatoms. The van der Waals surface area contributed by atoms with Gasteiger partial charge in [-0.1, -0.05) is 18.2 Å². The molecule has 0 saturated heterocycles. The van der Waals surface area contributed by atoms with Gasteiger partial charge in [0, 0.05) is 18.1 Å². The highest BCUT2D eigenvalue weighted by molar-refractivity contribution is 5.85. The van der Waals surface area contributed by atoms with Gasteiger partial charge in [-0.3, -0.25) is 4.68 Å². The van der Waals surface area contributed by atoms with Crippen LogP contribution in [0.3, 0.4) is 0 Å². The van der Waals surface area contributed by atoms with E-state index in [1.54, 1.807) is 6.07 Å². The van der Waals surface area contributed by atoms with Crippen LogP contribution in [0.4, 0.5) is 5.69 Å². The van der Waals surface area contributed by atoms with Crippen LogP contribution in [-0.2, 0) is 7.05 Å². The van der Waals surface area contributed by atoms with Crippen molar-refractivity contribution in [3.05, 3.63) is 48.2 Å². The van der Waals surface area contributed by atoms with Gasteiger partial charge < -0.3 is 5.73 Å². The molecule has 1 aromatic heterocycles. The lowest BCUT2D eigenvalue weighted by molar-refractivity contribution is 0.797. The Morgan fingerprint density at radius 3 is 2.84 bits per heavy atom. The van der Waals surface area contributed by atoms with E-state index in [2.05, 4.69) is 11.2 Å². The van der Waals surface area contributed by atoms with Crippen molar-refractivity contribution in [1.29, 1.82) is 5.26 Å². The van der Waals surface area contributed by atoms with E-state index < -0.39 is 0 Å². The molecule has 1 heterocycles. The molecule has 4 nitrogen and oxygen atoms in total. The lowest BCUT2D eigenvalue weighted by atomic mass is 9.99. The summed E-state index contributed by atoms with van der Waals surface area (Å²) in [4.78, 5) is 0. The molecular weight excluding hydrogens is 236 g/mol. The highest BCUT2D eigenvalue weighted by Gasteiger charge is 2.07. The number of fused-ring (bicyclic) bond motifs is 1. The first-order valence-electron chi connectivity index (χ1n) is 5.91. The Morgan fingerprint density at radius 1 is 1.21 bits per heavy atom. The first-order valence-corrected chi connectivity index (χ1v) is 5.91. The maximum Gasteiger partial charge on any atom is 0.0998 e. The zero-order valence-corrected chi connectivity index (χ0v) is 10.5. The molecule has 0 unspecified atom stereocenters. The number of benzene rings is 2. The molecule has 0 amide bonds. The summed E-state index contributed by atoms with van der Waals surface area (Å²) in [5.41, 5.74) is 9.82. The lowest BCUT2D eigenvalue weighted by Gasteiger charge is -2.06. The number of nitrogens with zero attached hydrogens (tertiary/aromatic N) is 3. The lowest BCUT2D eigenvalue weighted by Crippen LogP contribution is -1.91. The summed E-state index contributed by atoms with van der Waals surface area (Å²) < 4.78 is 1.82. The number of rotatable bonds is 1. The molecule has 2 N–H and O–H groups in total. The molecule has 0 radical (unpaired) electrons. The third-order valence-electron chi connectivity index (χ3n) is 3.22. The van der Waals surface area contributed by atoms with Gasteiger partial charge in [0.2, 0.25) is 0 Å². The monoisotopic (exact) mass is 248 g/mol. The van der Waals surface area contributed by atoms with Crippen molar-refractivity contribution in [2.24, 2.45) is 7.05 Å². The number of aryl methyl sites for hydroxylation is 1. The first kappa shape index (κ1) is 11.3. The average Bonchev–Trinajstić information content (AvgIpc) is 2.80. The second kappa shape index (κ2) is 4.14. The SMILES string of the molecule is Cn1ncc2ccc(-c3ccc(N)cc3C#N)cc21. The fourth-order valence-corrected chi connectivity index (χ4v) is 2.22. The van der Waals surface area contributed by atoms with E-state index in [1.807, 2.05) is 48.3 Å². The number of hydrogen-bond donors (Lipinski definition) is 1. The summed E-state index contributed by atoms with van der Waals surface area (Å²) in [6.07, 6.45) is 1.83. The summed E-state index contributed by atoms with van der Waals surface area (Å²) in [6.45, 7) is 0. The van der Waals surface area contributed by atoms with Crippen LogP contribution in [0.2, 0.25) is 0 Å². The van der Waals surface area contributed by atoms with Gasteiger partial charge in [0.1, 0.15) is 0 Å². The number of hydrogen-bond acceptors (Lipinski definition) is 3.